The van der Waals surface area contributed by atoms with Crippen molar-refractivity contribution in [2.45, 2.75) is 13.8 Å². The molecule has 170 valence electrons. The Morgan fingerprint density at radius 1 is 0.500 bits per heavy atom. The van der Waals surface area contributed by atoms with E-state index in [1.165, 1.54) is 0 Å². The maximum atomic E-state index is 12.7. The highest BCUT2D eigenvalue weighted by Crippen LogP contribution is 2.27. The highest BCUT2D eigenvalue weighted by Gasteiger charge is 2.12. The van der Waals surface area contributed by atoms with E-state index < -0.39 is 0 Å². The highest BCUT2D eigenvalue weighted by molar-refractivity contribution is 6.07. The minimum atomic E-state index is -0.195. The summed E-state index contributed by atoms with van der Waals surface area (Å²) in [4.78, 5) is 25.3. The lowest BCUT2D eigenvalue weighted by atomic mass is 10.1. The average molecular weight is 451 g/mol. The van der Waals surface area contributed by atoms with Gasteiger partial charge in [-0.2, -0.15) is 0 Å². The Labute approximate surface area is 199 Å². The number of amides is 2. The number of carbonyl (C=O) groups excluding carboxylic acids is 2. The summed E-state index contributed by atoms with van der Waals surface area (Å²) in [5.41, 5.74) is 12.3. The molecule has 6 heteroatoms. The van der Waals surface area contributed by atoms with E-state index in [1.807, 2.05) is 86.6 Å². The Morgan fingerprint density at radius 3 is 1.26 bits per heavy atom. The second-order valence-corrected chi connectivity index (χ2v) is 7.99. The molecule has 6 nitrogen and oxygen atoms in total. The standard InChI is InChI=1S/C28H26N4O2/c1-19-13-15-23(29-27(33)21-9-5-3-6-10-21)25(17-19)31-32-26-18-20(2)14-16-24(26)30-28(34)22-11-7-4-8-12-22/h3-18,31-32H,1-2H3,(H,29,33)(H,30,34). The molecule has 0 unspecified atom stereocenters. The van der Waals surface area contributed by atoms with Crippen LogP contribution in [0, 0.1) is 13.8 Å². The van der Waals surface area contributed by atoms with Crippen LogP contribution in [0.2, 0.25) is 0 Å². The molecule has 0 saturated heterocycles. The van der Waals surface area contributed by atoms with Gasteiger partial charge in [-0.1, -0.05) is 48.5 Å². The summed E-state index contributed by atoms with van der Waals surface area (Å²) in [6.45, 7) is 3.96. The van der Waals surface area contributed by atoms with Gasteiger partial charge in [-0.15, -0.1) is 0 Å². The smallest absolute Gasteiger partial charge is 0.255 e. The van der Waals surface area contributed by atoms with Crippen molar-refractivity contribution in [1.29, 1.82) is 0 Å². The van der Waals surface area contributed by atoms with Gasteiger partial charge in [0.15, 0.2) is 0 Å². The van der Waals surface area contributed by atoms with E-state index in [9.17, 15) is 9.59 Å². The van der Waals surface area contributed by atoms with Crippen LogP contribution in [0.25, 0.3) is 0 Å². The van der Waals surface area contributed by atoms with Crippen LogP contribution in [0.3, 0.4) is 0 Å². The van der Waals surface area contributed by atoms with E-state index in [-0.39, 0.29) is 11.8 Å². The van der Waals surface area contributed by atoms with Crippen LogP contribution in [-0.4, -0.2) is 11.8 Å². The van der Waals surface area contributed by atoms with Crippen molar-refractivity contribution in [2.24, 2.45) is 0 Å². The Kier molecular flexibility index (Phi) is 6.89. The molecule has 0 aliphatic rings. The number of hydrogen-bond acceptors (Lipinski definition) is 4. The van der Waals surface area contributed by atoms with Crippen molar-refractivity contribution in [1.82, 2.24) is 0 Å². The number of aryl methyl sites for hydroxylation is 2. The molecule has 0 aliphatic heterocycles. The molecule has 0 atom stereocenters. The van der Waals surface area contributed by atoms with E-state index in [0.717, 1.165) is 11.1 Å². The van der Waals surface area contributed by atoms with Gasteiger partial charge in [-0.05, 0) is 73.5 Å². The summed E-state index contributed by atoms with van der Waals surface area (Å²) >= 11 is 0. The molecule has 34 heavy (non-hydrogen) atoms. The number of rotatable bonds is 7. The number of carbonyl (C=O) groups is 2. The number of hydrazine groups is 1. The maximum absolute atomic E-state index is 12.7. The van der Waals surface area contributed by atoms with Crippen molar-refractivity contribution < 1.29 is 9.59 Å². The molecule has 0 fully saturated rings. The lowest BCUT2D eigenvalue weighted by molar-refractivity contribution is 0.101. The fourth-order valence-electron chi connectivity index (χ4n) is 3.44. The predicted octanol–water partition coefficient (Wildman–Crippen LogP) is 6.25. The monoisotopic (exact) mass is 450 g/mol. The lowest BCUT2D eigenvalue weighted by Gasteiger charge is -2.18. The van der Waals surface area contributed by atoms with Crippen LogP contribution in [-0.2, 0) is 0 Å². The topological polar surface area (TPSA) is 82.3 Å². The molecule has 4 aromatic carbocycles. The summed E-state index contributed by atoms with van der Waals surface area (Å²) in [5, 5.41) is 5.92. The second kappa shape index (κ2) is 10.4. The first-order chi connectivity index (χ1) is 16.5. The maximum Gasteiger partial charge on any atom is 0.255 e. The van der Waals surface area contributed by atoms with E-state index in [1.54, 1.807) is 24.3 Å². The molecule has 0 heterocycles. The van der Waals surface area contributed by atoms with E-state index >= 15 is 0 Å². The molecule has 4 aromatic rings. The van der Waals surface area contributed by atoms with Gasteiger partial charge >= 0.3 is 0 Å². The fraction of sp³-hybridized carbons (Fsp3) is 0.0714. The van der Waals surface area contributed by atoms with Crippen molar-refractivity contribution in [3.05, 3.63) is 119 Å². The minimum Gasteiger partial charge on any atom is -0.320 e. The lowest BCUT2D eigenvalue weighted by Crippen LogP contribution is -2.18. The normalized spacial score (nSPS) is 10.3. The molecule has 0 spiro atoms. The molecule has 2 amide bonds. The van der Waals surface area contributed by atoms with Crippen molar-refractivity contribution in [3.63, 3.8) is 0 Å². The van der Waals surface area contributed by atoms with Crippen LogP contribution in [0.5, 0.6) is 0 Å². The first kappa shape index (κ1) is 22.6. The number of hydrogen-bond donors (Lipinski definition) is 4. The van der Waals surface area contributed by atoms with Crippen molar-refractivity contribution in [2.75, 3.05) is 21.5 Å². The predicted molar refractivity (Wildman–Crippen MR) is 138 cm³/mol. The van der Waals surface area contributed by atoms with Crippen LogP contribution in [0.4, 0.5) is 22.7 Å². The summed E-state index contributed by atoms with van der Waals surface area (Å²) in [7, 11) is 0. The van der Waals surface area contributed by atoms with Gasteiger partial charge in [0.2, 0.25) is 0 Å². The van der Waals surface area contributed by atoms with Gasteiger partial charge in [0.1, 0.15) is 0 Å². The number of anilines is 4. The van der Waals surface area contributed by atoms with Gasteiger partial charge < -0.3 is 10.6 Å². The molecule has 4 N–H and O–H groups in total. The van der Waals surface area contributed by atoms with Crippen LogP contribution >= 0.6 is 0 Å². The Balaban J connectivity index is 1.53. The summed E-state index contributed by atoms with van der Waals surface area (Å²) in [6, 6.07) is 29.6. The molecular weight excluding hydrogens is 424 g/mol. The largest absolute Gasteiger partial charge is 0.320 e. The van der Waals surface area contributed by atoms with Crippen LogP contribution in [0.15, 0.2) is 97.1 Å². The molecule has 0 saturated carbocycles. The van der Waals surface area contributed by atoms with E-state index in [4.69, 9.17) is 0 Å². The quantitative estimate of drug-likeness (QED) is 0.251. The van der Waals surface area contributed by atoms with Crippen molar-refractivity contribution in [3.8, 4) is 0 Å². The molecule has 0 radical (unpaired) electrons. The highest BCUT2D eigenvalue weighted by atomic mass is 16.2. The van der Waals surface area contributed by atoms with E-state index in [0.29, 0.717) is 33.9 Å². The average Bonchev–Trinajstić information content (AvgIpc) is 2.86. The molecular formula is C28H26N4O2. The Morgan fingerprint density at radius 2 is 0.882 bits per heavy atom. The molecule has 0 aliphatic carbocycles. The molecule has 0 bridgehead atoms. The zero-order valence-corrected chi connectivity index (χ0v) is 19.1. The summed E-state index contributed by atoms with van der Waals surface area (Å²) in [6.07, 6.45) is 0. The first-order valence-corrected chi connectivity index (χ1v) is 11.0. The fourth-order valence-corrected chi connectivity index (χ4v) is 3.44. The van der Waals surface area contributed by atoms with Crippen molar-refractivity contribution >= 4 is 34.6 Å². The molecule has 0 aromatic heterocycles. The number of benzene rings is 4. The van der Waals surface area contributed by atoms with E-state index in [2.05, 4.69) is 21.5 Å². The summed E-state index contributed by atoms with van der Waals surface area (Å²) < 4.78 is 0. The van der Waals surface area contributed by atoms with Gasteiger partial charge in [-0.3, -0.25) is 20.4 Å². The van der Waals surface area contributed by atoms with Gasteiger partial charge in [0, 0.05) is 11.1 Å². The Hall–Kier alpha value is -4.58. The third-order valence-corrected chi connectivity index (χ3v) is 5.25. The van der Waals surface area contributed by atoms with Crippen LogP contribution in [0.1, 0.15) is 31.8 Å². The second-order valence-electron chi connectivity index (χ2n) is 7.99. The Bertz CT molecular complexity index is 1200. The number of nitrogens with one attached hydrogen (secondary N) is 4. The summed E-state index contributed by atoms with van der Waals surface area (Å²) in [5.74, 6) is -0.391. The molecule has 4 rings (SSSR count). The van der Waals surface area contributed by atoms with Gasteiger partial charge in [0.05, 0.1) is 22.7 Å². The third kappa shape index (κ3) is 5.61. The zero-order valence-electron chi connectivity index (χ0n) is 19.1. The van der Waals surface area contributed by atoms with Crippen LogP contribution < -0.4 is 21.5 Å². The third-order valence-electron chi connectivity index (χ3n) is 5.25. The minimum absolute atomic E-state index is 0.195. The first-order valence-electron chi connectivity index (χ1n) is 11.0. The SMILES string of the molecule is Cc1ccc(NC(=O)c2ccccc2)c(NNc2cc(C)ccc2NC(=O)c2ccccc2)c1. The zero-order chi connectivity index (χ0) is 23.9. The van der Waals surface area contributed by atoms with Gasteiger partial charge in [0.25, 0.3) is 11.8 Å². The van der Waals surface area contributed by atoms with Gasteiger partial charge in [-0.25, -0.2) is 0 Å².